The number of piperazine rings is 1. The van der Waals surface area contributed by atoms with Crippen molar-refractivity contribution in [1.29, 1.82) is 0 Å². The van der Waals surface area contributed by atoms with Crippen LogP contribution in [0, 0.1) is 0 Å². The van der Waals surface area contributed by atoms with E-state index in [1.807, 2.05) is 29.2 Å². The van der Waals surface area contributed by atoms with E-state index in [9.17, 15) is 4.79 Å². The zero-order valence-electron chi connectivity index (χ0n) is 13.3. The van der Waals surface area contributed by atoms with Crippen LogP contribution in [0.15, 0.2) is 24.3 Å². The molecule has 0 atom stereocenters. The van der Waals surface area contributed by atoms with E-state index >= 15 is 0 Å². The fourth-order valence-corrected chi connectivity index (χ4v) is 2.46. The molecule has 0 bridgehead atoms. The molecule has 0 spiro atoms. The fourth-order valence-electron chi connectivity index (χ4n) is 2.46. The van der Waals surface area contributed by atoms with E-state index in [1.165, 1.54) is 19.3 Å². The van der Waals surface area contributed by atoms with Gasteiger partial charge in [-0.15, -0.1) is 12.4 Å². The number of rotatable bonds is 7. The Labute approximate surface area is 139 Å². The predicted molar refractivity (Wildman–Crippen MR) is 92.1 cm³/mol. The van der Waals surface area contributed by atoms with E-state index < -0.39 is 0 Å². The summed E-state index contributed by atoms with van der Waals surface area (Å²) in [5.74, 6) is 0.967. The molecule has 1 aromatic rings. The number of amides is 1. The van der Waals surface area contributed by atoms with Gasteiger partial charge in [-0.1, -0.05) is 26.2 Å². The highest BCUT2D eigenvalue weighted by Gasteiger charge is 2.17. The van der Waals surface area contributed by atoms with Gasteiger partial charge in [-0.25, -0.2) is 0 Å². The summed E-state index contributed by atoms with van der Waals surface area (Å²) in [6.45, 7) is 6.29. The maximum Gasteiger partial charge on any atom is 0.253 e. The second kappa shape index (κ2) is 10.5. The number of halogens is 1. The summed E-state index contributed by atoms with van der Waals surface area (Å²) in [6.07, 6.45) is 4.82. The highest BCUT2D eigenvalue weighted by molar-refractivity contribution is 5.94. The predicted octanol–water partition coefficient (Wildman–Crippen LogP) is 3.11. The van der Waals surface area contributed by atoms with Crippen molar-refractivity contribution in [3.63, 3.8) is 0 Å². The molecule has 1 amide bonds. The van der Waals surface area contributed by atoms with Crippen molar-refractivity contribution < 1.29 is 9.53 Å². The van der Waals surface area contributed by atoms with Crippen LogP contribution in [0.2, 0.25) is 0 Å². The number of hydrogen-bond acceptors (Lipinski definition) is 3. The molecule has 0 radical (unpaired) electrons. The highest BCUT2D eigenvalue weighted by atomic mass is 35.5. The van der Waals surface area contributed by atoms with Gasteiger partial charge in [0.05, 0.1) is 6.61 Å². The maximum absolute atomic E-state index is 12.3. The van der Waals surface area contributed by atoms with E-state index in [-0.39, 0.29) is 18.3 Å². The Hall–Kier alpha value is -1.26. The number of hydrogen-bond donors (Lipinski definition) is 1. The Morgan fingerprint density at radius 2 is 1.82 bits per heavy atom. The number of nitrogens with zero attached hydrogens (tertiary/aromatic N) is 1. The van der Waals surface area contributed by atoms with Crippen LogP contribution in [-0.4, -0.2) is 43.6 Å². The van der Waals surface area contributed by atoms with Gasteiger partial charge >= 0.3 is 0 Å². The summed E-state index contributed by atoms with van der Waals surface area (Å²) in [4.78, 5) is 14.2. The van der Waals surface area contributed by atoms with Gasteiger partial charge in [0.2, 0.25) is 0 Å². The summed E-state index contributed by atoms with van der Waals surface area (Å²) >= 11 is 0. The van der Waals surface area contributed by atoms with Crippen molar-refractivity contribution >= 4 is 18.3 Å². The third-order valence-corrected chi connectivity index (χ3v) is 3.77. The molecule has 0 aromatic heterocycles. The van der Waals surface area contributed by atoms with Gasteiger partial charge in [0, 0.05) is 31.7 Å². The first-order chi connectivity index (χ1) is 10.3. The first kappa shape index (κ1) is 18.8. The fraction of sp³-hybridized carbons (Fsp3) is 0.588. The van der Waals surface area contributed by atoms with Gasteiger partial charge in [-0.05, 0) is 30.7 Å². The Morgan fingerprint density at radius 3 is 2.45 bits per heavy atom. The van der Waals surface area contributed by atoms with Gasteiger partial charge in [-0.3, -0.25) is 4.79 Å². The van der Waals surface area contributed by atoms with Crippen LogP contribution in [-0.2, 0) is 0 Å². The topological polar surface area (TPSA) is 41.6 Å². The molecule has 1 aromatic carbocycles. The minimum absolute atomic E-state index is 0. The smallest absolute Gasteiger partial charge is 0.253 e. The molecule has 5 heteroatoms. The minimum Gasteiger partial charge on any atom is -0.494 e. The van der Waals surface area contributed by atoms with Crippen molar-refractivity contribution in [3.05, 3.63) is 29.8 Å². The molecule has 22 heavy (non-hydrogen) atoms. The highest BCUT2D eigenvalue weighted by Crippen LogP contribution is 2.15. The molecule has 1 fully saturated rings. The Kier molecular flexibility index (Phi) is 8.94. The number of nitrogens with one attached hydrogen (secondary N) is 1. The van der Waals surface area contributed by atoms with Crippen molar-refractivity contribution in [3.8, 4) is 5.75 Å². The van der Waals surface area contributed by atoms with Crippen LogP contribution in [0.25, 0.3) is 0 Å². The van der Waals surface area contributed by atoms with Crippen molar-refractivity contribution in [2.75, 3.05) is 32.8 Å². The second-order valence-electron chi connectivity index (χ2n) is 5.48. The van der Waals surface area contributed by atoms with Crippen LogP contribution in [0.5, 0.6) is 5.75 Å². The van der Waals surface area contributed by atoms with Crippen LogP contribution >= 0.6 is 12.4 Å². The van der Waals surface area contributed by atoms with Crippen LogP contribution < -0.4 is 10.1 Å². The van der Waals surface area contributed by atoms with E-state index in [1.54, 1.807) is 0 Å². The lowest BCUT2D eigenvalue weighted by Gasteiger charge is -2.27. The number of carbonyl (C=O) groups is 1. The van der Waals surface area contributed by atoms with Crippen molar-refractivity contribution in [2.45, 2.75) is 32.6 Å². The first-order valence-electron chi connectivity index (χ1n) is 8.04. The molecule has 1 aliphatic rings. The molecule has 0 saturated carbocycles. The summed E-state index contributed by atoms with van der Waals surface area (Å²) < 4.78 is 5.70. The SMILES string of the molecule is CCCCCCOc1ccc(C(=O)N2CCNCC2)cc1.Cl. The third kappa shape index (κ3) is 5.85. The molecule has 0 unspecified atom stereocenters. The molecule has 4 nitrogen and oxygen atoms in total. The van der Waals surface area contributed by atoms with Crippen molar-refractivity contribution in [1.82, 2.24) is 10.2 Å². The lowest BCUT2D eigenvalue weighted by atomic mass is 10.1. The molecule has 124 valence electrons. The molecular formula is C17H27ClN2O2. The van der Waals surface area contributed by atoms with E-state index in [4.69, 9.17) is 4.74 Å². The standard InChI is InChI=1S/C17H26N2O2.ClH/c1-2-3-4-5-14-21-16-8-6-15(7-9-16)17(20)19-12-10-18-11-13-19;/h6-9,18H,2-5,10-14H2,1H3;1H. The van der Waals surface area contributed by atoms with Crippen LogP contribution in [0.1, 0.15) is 43.0 Å². The van der Waals surface area contributed by atoms with Gasteiger partial charge in [0.25, 0.3) is 5.91 Å². The third-order valence-electron chi connectivity index (χ3n) is 3.77. The molecule has 2 rings (SSSR count). The van der Waals surface area contributed by atoms with Gasteiger partial charge in [-0.2, -0.15) is 0 Å². The maximum atomic E-state index is 12.3. The normalized spacial score (nSPS) is 14.3. The van der Waals surface area contributed by atoms with Crippen LogP contribution in [0.3, 0.4) is 0 Å². The minimum atomic E-state index is 0. The van der Waals surface area contributed by atoms with Crippen molar-refractivity contribution in [2.24, 2.45) is 0 Å². The number of carbonyl (C=O) groups excluding carboxylic acids is 1. The van der Waals surface area contributed by atoms with Gasteiger partial charge < -0.3 is 15.0 Å². The molecule has 0 aliphatic carbocycles. The number of unbranched alkanes of at least 4 members (excludes halogenated alkanes) is 3. The molecular weight excluding hydrogens is 300 g/mol. The largest absolute Gasteiger partial charge is 0.494 e. The zero-order chi connectivity index (χ0) is 14.9. The second-order valence-corrected chi connectivity index (χ2v) is 5.48. The van der Waals surface area contributed by atoms with Gasteiger partial charge in [0.1, 0.15) is 5.75 Å². The molecule has 1 aliphatic heterocycles. The Bertz CT molecular complexity index is 431. The Morgan fingerprint density at radius 1 is 1.14 bits per heavy atom. The summed E-state index contributed by atoms with van der Waals surface area (Å²) in [5, 5.41) is 3.25. The molecule has 1 saturated heterocycles. The average molecular weight is 327 g/mol. The number of benzene rings is 1. The number of ether oxygens (including phenoxy) is 1. The van der Waals surface area contributed by atoms with Gasteiger partial charge in [0.15, 0.2) is 0 Å². The Balaban J connectivity index is 0.00000242. The zero-order valence-corrected chi connectivity index (χ0v) is 14.2. The average Bonchev–Trinajstić information content (AvgIpc) is 2.55. The quantitative estimate of drug-likeness (QED) is 0.783. The first-order valence-corrected chi connectivity index (χ1v) is 8.04. The van der Waals surface area contributed by atoms with E-state index in [2.05, 4.69) is 12.2 Å². The summed E-state index contributed by atoms with van der Waals surface area (Å²) in [6, 6.07) is 7.53. The monoisotopic (exact) mass is 326 g/mol. The summed E-state index contributed by atoms with van der Waals surface area (Å²) in [7, 11) is 0. The lowest BCUT2D eigenvalue weighted by Crippen LogP contribution is -2.46. The molecule has 1 heterocycles. The lowest BCUT2D eigenvalue weighted by molar-refractivity contribution is 0.0736. The van der Waals surface area contributed by atoms with E-state index in [0.29, 0.717) is 0 Å². The van der Waals surface area contributed by atoms with E-state index in [0.717, 1.165) is 50.5 Å². The molecule has 1 N–H and O–H groups in total. The van der Waals surface area contributed by atoms with Crippen LogP contribution in [0.4, 0.5) is 0 Å². The summed E-state index contributed by atoms with van der Waals surface area (Å²) in [5.41, 5.74) is 0.746.